The normalized spacial score (nSPS) is 10.3. The van der Waals surface area contributed by atoms with Crippen LogP contribution in [0, 0.1) is 0 Å². The summed E-state index contributed by atoms with van der Waals surface area (Å²) in [7, 11) is 0. The van der Waals surface area contributed by atoms with Gasteiger partial charge in [0, 0.05) is 18.7 Å². The van der Waals surface area contributed by atoms with Crippen LogP contribution in [0.5, 0.6) is 0 Å². The van der Waals surface area contributed by atoms with Gasteiger partial charge in [-0.2, -0.15) is 0 Å². The predicted octanol–water partition coefficient (Wildman–Crippen LogP) is 3.88. The predicted molar refractivity (Wildman–Crippen MR) is 85.5 cm³/mol. The molecule has 0 atom stereocenters. The highest BCUT2D eigenvalue weighted by molar-refractivity contribution is 5.67. The van der Waals surface area contributed by atoms with Crippen LogP contribution in [-0.2, 0) is 24.2 Å². The Morgan fingerprint density at radius 1 is 1.05 bits per heavy atom. The average molecular weight is 283 g/mol. The van der Waals surface area contributed by atoms with Crippen molar-refractivity contribution < 1.29 is 9.90 Å². The Kier molecular flexibility index (Phi) is 5.38. The van der Waals surface area contributed by atoms with E-state index in [1.165, 1.54) is 11.1 Å². The molecular formula is C18H21NO2. The first-order valence-electron chi connectivity index (χ1n) is 7.30. The lowest BCUT2D eigenvalue weighted by atomic mass is 10.1. The molecule has 110 valence electrons. The highest BCUT2D eigenvalue weighted by Gasteiger charge is 2.01. The number of carboxylic acids is 1. The molecule has 2 rings (SSSR count). The van der Waals surface area contributed by atoms with E-state index in [4.69, 9.17) is 5.11 Å². The molecule has 0 saturated heterocycles. The highest BCUT2D eigenvalue weighted by Crippen LogP contribution is 2.14. The van der Waals surface area contributed by atoms with Crippen LogP contribution >= 0.6 is 0 Å². The van der Waals surface area contributed by atoms with E-state index < -0.39 is 5.97 Å². The third-order valence-electron chi connectivity index (χ3n) is 3.48. The summed E-state index contributed by atoms with van der Waals surface area (Å²) < 4.78 is 0. The van der Waals surface area contributed by atoms with Gasteiger partial charge in [-0.3, -0.25) is 4.79 Å². The van der Waals surface area contributed by atoms with E-state index >= 15 is 0 Å². The summed E-state index contributed by atoms with van der Waals surface area (Å²) in [6.07, 6.45) is 1.79. The van der Waals surface area contributed by atoms with Gasteiger partial charge >= 0.3 is 5.97 Å². The van der Waals surface area contributed by atoms with Crippen molar-refractivity contribution in [3.05, 3.63) is 65.2 Å². The number of benzene rings is 2. The molecule has 2 N–H and O–H groups in total. The Bertz CT molecular complexity index is 590. The van der Waals surface area contributed by atoms with E-state index in [0.29, 0.717) is 6.42 Å². The minimum Gasteiger partial charge on any atom is -0.481 e. The molecule has 21 heavy (non-hydrogen) atoms. The molecular weight excluding hydrogens is 262 g/mol. The molecule has 3 heteroatoms. The fourth-order valence-electron chi connectivity index (χ4n) is 2.19. The van der Waals surface area contributed by atoms with E-state index in [9.17, 15) is 4.79 Å². The van der Waals surface area contributed by atoms with Crippen molar-refractivity contribution in [3.63, 3.8) is 0 Å². The zero-order valence-electron chi connectivity index (χ0n) is 12.3. The number of hydrogen-bond acceptors (Lipinski definition) is 2. The summed E-state index contributed by atoms with van der Waals surface area (Å²) in [6.45, 7) is 2.92. The van der Waals surface area contributed by atoms with Crippen LogP contribution < -0.4 is 5.32 Å². The molecule has 0 bridgehead atoms. The lowest BCUT2D eigenvalue weighted by Gasteiger charge is -2.09. The summed E-state index contributed by atoms with van der Waals surface area (Å²) in [5.74, 6) is -0.760. The number of aryl methyl sites for hydroxylation is 2. The first-order valence-corrected chi connectivity index (χ1v) is 7.30. The fraction of sp³-hybridized carbons (Fsp3) is 0.278. The summed E-state index contributed by atoms with van der Waals surface area (Å²) in [4.78, 5) is 10.6. The van der Waals surface area contributed by atoms with Crippen LogP contribution in [0.15, 0.2) is 48.5 Å². The first kappa shape index (κ1) is 15.1. The van der Waals surface area contributed by atoms with Crippen LogP contribution in [-0.4, -0.2) is 11.1 Å². The summed E-state index contributed by atoms with van der Waals surface area (Å²) in [5, 5.41) is 12.1. The molecule has 2 aromatic rings. The number of rotatable bonds is 7. The minimum atomic E-state index is -0.760. The van der Waals surface area contributed by atoms with Crippen molar-refractivity contribution in [3.8, 4) is 0 Å². The number of nitrogens with one attached hydrogen (secondary N) is 1. The fourth-order valence-corrected chi connectivity index (χ4v) is 2.19. The topological polar surface area (TPSA) is 49.3 Å². The smallest absolute Gasteiger partial charge is 0.303 e. The monoisotopic (exact) mass is 283 g/mol. The number of carboxylic acid groups (broad SMARTS) is 1. The minimum absolute atomic E-state index is 0.169. The highest BCUT2D eigenvalue weighted by atomic mass is 16.4. The number of aliphatic carboxylic acids is 1. The van der Waals surface area contributed by atoms with E-state index in [1.54, 1.807) is 0 Å². The van der Waals surface area contributed by atoms with Gasteiger partial charge in [-0.05, 0) is 41.7 Å². The zero-order valence-corrected chi connectivity index (χ0v) is 12.3. The molecule has 0 radical (unpaired) electrons. The van der Waals surface area contributed by atoms with Gasteiger partial charge in [0.25, 0.3) is 0 Å². The Balaban J connectivity index is 1.92. The molecule has 0 aromatic heterocycles. The molecule has 0 aliphatic rings. The van der Waals surface area contributed by atoms with E-state index in [-0.39, 0.29) is 6.42 Å². The van der Waals surface area contributed by atoms with E-state index in [1.807, 2.05) is 24.3 Å². The maximum atomic E-state index is 10.6. The second-order valence-corrected chi connectivity index (χ2v) is 5.12. The average Bonchev–Trinajstić information content (AvgIpc) is 2.52. The first-order chi connectivity index (χ1) is 10.2. The molecule has 0 aliphatic heterocycles. The van der Waals surface area contributed by atoms with Gasteiger partial charge in [-0.25, -0.2) is 0 Å². The van der Waals surface area contributed by atoms with Crippen molar-refractivity contribution >= 4 is 11.7 Å². The van der Waals surface area contributed by atoms with Gasteiger partial charge < -0.3 is 10.4 Å². The molecule has 0 saturated carbocycles. The molecule has 2 aromatic carbocycles. The summed E-state index contributed by atoms with van der Waals surface area (Å²) in [6, 6.07) is 16.5. The quantitative estimate of drug-likeness (QED) is 0.810. The maximum Gasteiger partial charge on any atom is 0.303 e. The molecule has 3 nitrogen and oxygen atoms in total. The lowest BCUT2D eigenvalue weighted by Crippen LogP contribution is -2.01. The molecule has 0 heterocycles. The Morgan fingerprint density at radius 2 is 1.76 bits per heavy atom. The van der Waals surface area contributed by atoms with E-state index in [0.717, 1.165) is 24.2 Å². The molecule has 0 amide bonds. The van der Waals surface area contributed by atoms with Crippen LogP contribution in [0.3, 0.4) is 0 Å². The largest absolute Gasteiger partial charge is 0.481 e. The molecule has 0 unspecified atom stereocenters. The second kappa shape index (κ2) is 7.48. The molecule has 0 aliphatic carbocycles. The lowest BCUT2D eigenvalue weighted by molar-refractivity contribution is -0.136. The van der Waals surface area contributed by atoms with Gasteiger partial charge in [0.2, 0.25) is 0 Å². The third kappa shape index (κ3) is 4.95. The van der Waals surface area contributed by atoms with Crippen molar-refractivity contribution in [1.29, 1.82) is 0 Å². The van der Waals surface area contributed by atoms with Gasteiger partial charge in [-0.1, -0.05) is 43.3 Å². The Morgan fingerprint density at radius 3 is 2.43 bits per heavy atom. The van der Waals surface area contributed by atoms with Crippen molar-refractivity contribution in [1.82, 2.24) is 0 Å². The SMILES string of the molecule is CCc1ccc(CNc2cccc(CCC(=O)O)c2)cc1. The van der Waals surface area contributed by atoms with Crippen LogP contribution in [0.4, 0.5) is 5.69 Å². The van der Waals surface area contributed by atoms with Gasteiger partial charge in [0.05, 0.1) is 0 Å². The number of anilines is 1. The Labute approximate surface area is 125 Å². The van der Waals surface area contributed by atoms with Crippen LogP contribution in [0.2, 0.25) is 0 Å². The third-order valence-corrected chi connectivity index (χ3v) is 3.48. The van der Waals surface area contributed by atoms with Crippen molar-refractivity contribution in [2.45, 2.75) is 32.7 Å². The Hall–Kier alpha value is -2.29. The van der Waals surface area contributed by atoms with Gasteiger partial charge in [-0.15, -0.1) is 0 Å². The standard InChI is InChI=1S/C18H21NO2/c1-2-14-6-8-16(9-7-14)13-19-17-5-3-4-15(12-17)10-11-18(20)21/h3-9,12,19H,2,10-11,13H2,1H3,(H,20,21). The zero-order chi connectivity index (χ0) is 15.1. The summed E-state index contributed by atoms with van der Waals surface area (Å²) in [5.41, 5.74) is 4.65. The van der Waals surface area contributed by atoms with Gasteiger partial charge in [0.1, 0.15) is 0 Å². The van der Waals surface area contributed by atoms with Crippen molar-refractivity contribution in [2.24, 2.45) is 0 Å². The van der Waals surface area contributed by atoms with E-state index in [2.05, 4.69) is 36.5 Å². The number of hydrogen-bond donors (Lipinski definition) is 2. The van der Waals surface area contributed by atoms with Crippen LogP contribution in [0.1, 0.15) is 30.0 Å². The molecule has 0 fully saturated rings. The second-order valence-electron chi connectivity index (χ2n) is 5.12. The summed E-state index contributed by atoms with van der Waals surface area (Å²) >= 11 is 0. The maximum absolute atomic E-state index is 10.6. The van der Waals surface area contributed by atoms with Gasteiger partial charge in [0.15, 0.2) is 0 Å². The van der Waals surface area contributed by atoms with Crippen molar-refractivity contribution in [2.75, 3.05) is 5.32 Å². The molecule has 0 spiro atoms. The van der Waals surface area contributed by atoms with Crippen LogP contribution in [0.25, 0.3) is 0 Å². The number of carbonyl (C=O) groups is 1.